The molecule has 1 saturated heterocycles. The van der Waals surface area contributed by atoms with Crippen LogP contribution in [0.25, 0.3) is 0 Å². The molecule has 3 atom stereocenters. The molecule has 6 amide bonds. The largest absolute Gasteiger partial charge is 0.508 e. The summed E-state index contributed by atoms with van der Waals surface area (Å²) < 4.78 is 22.9. The fourth-order valence-electron chi connectivity index (χ4n) is 10.3. The van der Waals surface area contributed by atoms with Crippen LogP contribution in [0.5, 0.6) is 11.5 Å². The van der Waals surface area contributed by atoms with Crippen molar-refractivity contribution >= 4 is 76.8 Å². The van der Waals surface area contributed by atoms with Crippen molar-refractivity contribution in [1.82, 2.24) is 71.4 Å². The van der Waals surface area contributed by atoms with Crippen molar-refractivity contribution in [3.63, 3.8) is 0 Å². The second-order valence-corrected chi connectivity index (χ2v) is 24.4. The normalized spacial score (nSPS) is 14.6. The number of carbonyl (C=O) groups excluding carboxylic acids is 8. The molecule has 0 unspecified atom stereocenters. The molecule has 0 spiro atoms. The number of carbonyl (C=O) groups is 10. The number of hydrogen-bond donors (Lipinski definition) is 11. The highest BCUT2D eigenvalue weighted by molar-refractivity contribution is 7.15. The Morgan fingerprint density at radius 2 is 1.13 bits per heavy atom. The van der Waals surface area contributed by atoms with Crippen LogP contribution in [0.4, 0.5) is 5.13 Å². The van der Waals surface area contributed by atoms with E-state index in [9.17, 15) is 68.4 Å². The number of aliphatic carboxylic acids is 2. The summed E-state index contributed by atoms with van der Waals surface area (Å²) in [7, 11) is 0. The highest BCUT2D eigenvalue weighted by Crippen LogP contribution is 2.38. The zero-order valence-electron chi connectivity index (χ0n) is 55.1. The molecular weight excluding hydrogens is 1310 g/mol. The molecule has 1 aliphatic heterocycles. The number of rotatable bonds is 45. The lowest BCUT2D eigenvalue weighted by Crippen LogP contribution is -2.51. The second-order valence-electron chi connectivity index (χ2n) is 23.2. The maximum Gasteiger partial charge on any atom is 0.326 e. The monoisotopic (exact) mass is 1400 g/mol. The van der Waals surface area contributed by atoms with Crippen molar-refractivity contribution in [3.05, 3.63) is 76.6 Å². The highest BCUT2D eigenvalue weighted by Gasteiger charge is 2.33. The van der Waals surface area contributed by atoms with Gasteiger partial charge >= 0.3 is 11.9 Å². The molecule has 1 fully saturated rings. The van der Waals surface area contributed by atoms with Gasteiger partial charge in [-0.2, -0.15) is 0 Å². The minimum atomic E-state index is -1.89. The van der Waals surface area contributed by atoms with E-state index in [-0.39, 0.29) is 115 Å². The summed E-state index contributed by atoms with van der Waals surface area (Å²) in [5.74, 6) is -7.15. The first-order chi connectivity index (χ1) is 47.2. The number of aromatic nitrogens is 5. The van der Waals surface area contributed by atoms with Crippen LogP contribution in [-0.2, 0) is 90.2 Å². The molecule has 4 aromatic rings. The Morgan fingerprint density at radius 3 is 1.66 bits per heavy atom. The molecule has 540 valence electrons. The van der Waals surface area contributed by atoms with Crippen LogP contribution < -0.4 is 31.9 Å². The van der Waals surface area contributed by atoms with Crippen molar-refractivity contribution in [3.8, 4) is 11.5 Å². The lowest BCUT2D eigenvalue weighted by Gasteiger charge is -2.33. The summed E-state index contributed by atoms with van der Waals surface area (Å²) in [6.07, 6.45) is 1.85. The Morgan fingerprint density at radius 1 is 0.602 bits per heavy atom. The summed E-state index contributed by atoms with van der Waals surface area (Å²) >= 11 is 1.26. The minimum absolute atomic E-state index is 0.00749. The third-order valence-electron chi connectivity index (χ3n) is 15.8. The number of nitrogens with zero attached hydrogens (tertiary/aromatic N) is 9. The molecule has 36 heteroatoms. The van der Waals surface area contributed by atoms with Gasteiger partial charge in [-0.15, -0.1) is 15.3 Å². The quantitative estimate of drug-likeness (QED) is 0.0114. The molecule has 2 aromatic carbocycles. The summed E-state index contributed by atoms with van der Waals surface area (Å²) in [5.41, 5.74) is 1.17. The van der Waals surface area contributed by atoms with Gasteiger partial charge in [0.15, 0.2) is 0 Å². The van der Waals surface area contributed by atoms with Gasteiger partial charge in [-0.05, 0) is 80.8 Å². The number of phenolic OH excluding ortho intramolecular Hbond substituents is 2. The first kappa shape index (κ1) is 79.8. The smallest absolute Gasteiger partial charge is 0.326 e. The Balaban J connectivity index is 1.09. The van der Waals surface area contributed by atoms with Gasteiger partial charge in [0.1, 0.15) is 48.1 Å². The number of anilines is 1. The standard InChI is InChI=1S/C62H91N15O20S/c1-44-69-71-61(98-44)68-53(82)8-5-6-47-38-77(72-70-47)21-4-3-7-50(65-55(84)37-52(60(90)91)67-56(85)36-51(59(88)89)66-54(83)17-18-62(2,45-9-13-48(80)14-10-45)46-11-15-49(81)16-12-46)58(87)64-20-32-94-35-34-93-31-19-63-57(86)39-74-24-22-73(30-33-97-92)23-26-75(40-95-42-78)28-29-76(27-25-74)41-96-43-79/h9-16,38,42-43,50-52,80-81,92H,3-8,17-37,39-41H2,1-2H3,(H,63,86)(H,64,87)(H,65,84)(H,66,83)(H,67,85)(H,88,89)(H,90,91)(H,68,71,82)/t50-,51-,52-/m0/s1. The number of ether oxygens (including phenoxy) is 4. The fraction of sp³-hybridized carbons (Fsp3) is 0.581. The maximum absolute atomic E-state index is 13.7. The van der Waals surface area contributed by atoms with Gasteiger partial charge in [0, 0.05) is 103 Å². The first-order valence-electron chi connectivity index (χ1n) is 32.0. The Kier molecular flexibility index (Phi) is 35.9. The molecule has 0 aliphatic carbocycles. The number of unbranched alkanes of at least 4 members (excludes halogenated alkanes) is 1. The predicted octanol–water partition coefficient (Wildman–Crippen LogP) is -0.591. The zero-order chi connectivity index (χ0) is 71.1. The van der Waals surface area contributed by atoms with Crippen molar-refractivity contribution in [2.24, 2.45) is 0 Å². The molecular formula is C62H91N15O20S. The van der Waals surface area contributed by atoms with E-state index < -0.39 is 71.9 Å². The van der Waals surface area contributed by atoms with E-state index in [0.717, 1.165) is 5.01 Å². The number of aromatic hydroxyl groups is 2. The molecule has 98 heavy (non-hydrogen) atoms. The van der Waals surface area contributed by atoms with Gasteiger partial charge in [-0.3, -0.25) is 67.9 Å². The van der Waals surface area contributed by atoms with Crippen LogP contribution in [-0.4, -0.2) is 274 Å². The fourth-order valence-corrected chi connectivity index (χ4v) is 10.9. The number of hydrogen-bond acceptors (Lipinski definition) is 27. The van der Waals surface area contributed by atoms with E-state index in [4.69, 9.17) is 24.2 Å². The van der Waals surface area contributed by atoms with Crippen molar-refractivity contribution < 1.29 is 97.5 Å². The molecule has 1 aliphatic rings. The van der Waals surface area contributed by atoms with Crippen molar-refractivity contribution in [2.75, 3.05) is 130 Å². The maximum atomic E-state index is 13.7. The molecule has 0 bridgehead atoms. The van der Waals surface area contributed by atoms with E-state index in [0.29, 0.717) is 126 Å². The molecule has 0 saturated carbocycles. The lowest BCUT2D eigenvalue weighted by molar-refractivity contribution is -0.244. The van der Waals surface area contributed by atoms with Crippen LogP contribution >= 0.6 is 11.3 Å². The summed E-state index contributed by atoms with van der Waals surface area (Å²) in [4.78, 5) is 138. The number of aryl methyl sites for hydroxylation is 3. The Bertz CT molecular complexity index is 3080. The first-order valence-corrected chi connectivity index (χ1v) is 32.9. The lowest BCUT2D eigenvalue weighted by atomic mass is 9.73. The number of amides is 6. The highest BCUT2D eigenvalue weighted by atomic mass is 32.1. The van der Waals surface area contributed by atoms with Crippen LogP contribution in [0, 0.1) is 6.92 Å². The Labute approximate surface area is 570 Å². The molecule has 11 N–H and O–H groups in total. The molecule has 0 radical (unpaired) electrons. The van der Waals surface area contributed by atoms with Gasteiger partial charge < -0.3 is 71.3 Å². The van der Waals surface area contributed by atoms with Crippen molar-refractivity contribution in [1.29, 1.82) is 0 Å². The average molecular weight is 1400 g/mol. The topological polar surface area (TPSA) is 460 Å². The van der Waals surface area contributed by atoms with E-state index in [1.807, 2.05) is 21.6 Å². The van der Waals surface area contributed by atoms with E-state index in [2.05, 4.69) is 62.2 Å². The van der Waals surface area contributed by atoms with Crippen molar-refractivity contribution in [2.45, 2.75) is 108 Å². The third-order valence-corrected chi connectivity index (χ3v) is 16.6. The van der Waals surface area contributed by atoms with E-state index in [1.54, 1.807) is 42.1 Å². The zero-order valence-corrected chi connectivity index (χ0v) is 55.9. The number of nitrogens with one attached hydrogen (secondary N) is 6. The van der Waals surface area contributed by atoms with Crippen LogP contribution in [0.1, 0.15) is 86.5 Å². The summed E-state index contributed by atoms with van der Waals surface area (Å²) in [6, 6.07) is 7.65. The number of benzene rings is 2. The van der Waals surface area contributed by atoms with Gasteiger partial charge in [-0.1, -0.05) is 47.7 Å². The van der Waals surface area contributed by atoms with E-state index in [1.165, 1.54) is 35.6 Å². The number of carboxylic acids is 2. The van der Waals surface area contributed by atoms with Crippen LogP contribution in [0.15, 0.2) is 54.7 Å². The predicted molar refractivity (Wildman–Crippen MR) is 349 cm³/mol. The van der Waals surface area contributed by atoms with Gasteiger partial charge in [-0.25, -0.2) is 14.5 Å². The molecule has 35 nitrogen and oxygen atoms in total. The van der Waals surface area contributed by atoms with Gasteiger partial charge in [0.05, 0.1) is 58.1 Å². The third kappa shape index (κ3) is 30.7. The molecule has 2 aromatic heterocycles. The molecule has 5 rings (SSSR count). The SMILES string of the molecule is Cc1nnc(NC(=O)CCCc2cn(CCCC[C@H](NC(=O)C[C@H](NC(=O)C[C@H](NC(=O)CCC(C)(c3ccc(O)cc3)c3ccc(O)cc3)C(=O)O)C(=O)O)C(=O)NCCOCCOCCNC(=O)CN3CCN(CCOO)CCN(COC=O)CCN(COC=O)CC3)nn2)s1. The summed E-state index contributed by atoms with van der Waals surface area (Å²) in [6.45, 7) is 9.80. The van der Waals surface area contributed by atoms with Crippen LogP contribution in [0.3, 0.4) is 0 Å². The number of phenols is 2. The average Bonchev–Trinajstić information content (AvgIpc) is 0.831. The van der Waals surface area contributed by atoms with Gasteiger partial charge in [0.2, 0.25) is 40.6 Å². The van der Waals surface area contributed by atoms with Gasteiger partial charge in [0.25, 0.3) is 12.9 Å². The Hall–Kier alpha value is -8.88. The molecule has 3 heterocycles. The summed E-state index contributed by atoms with van der Waals surface area (Å²) in [5, 5.41) is 81.6. The van der Waals surface area contributed by atoms with Crippen LogP contribution in [0.2, 0.25) is 0 Å². The second kappa shape index (κ2) is 44.1. The number of carboxylic acid groups (broad SMARTS) is 2. The van der Waals surface area contributed by atoms with E-state index >= 15 is 0 Å². The minimum Gasteiger partial charge on any atom is -0.508 e.